The number of hydrogen-bond acceptors (Lipinski definition) is 3. The van der Waals surface area contributed by atoms with Crippen molar-refractivity contribution in [1.29, 1.82) is 0 Å². The van der Waals surface area contributed by atoms with E-state index in [1.54, 1.807) is 18.1 Å². The van der Waals surface area contributed by atoms with Crippen molar-refractivity contribution in [3.63, 3.8) is 0 Å². The molecule has 2 rings (SSSR count). The molecule has 0 saturated carbocycles. The van der Waals surface area contributed by atoms with E-state index in [-0.39, 0.29) is 6.03 Å². The molecule has 1 heterocycles. The molecule has 0 aliphatic rings. The van der Waals surface area contributed by atoms with E-state index in [9.17, 15) is 4.79 Å². The molecule has 0 atom stereocenters. The standard InChI is InChI=1S/C17H21N3O2/c1-4-22-15-8-9-16(13(2)11-15)19-17(21)20(3)12-14-7-5-6-10-18-14/h5-11H,4,12H2,1-3H3,(H,19,21). The normalized spacial score (nSPS) is 10.1. The van der Waals surface area contributed by atoms with Gasteiger partial charge in [-0.15, -0.1) is 0 Å². The Morgan fingerprint density at radius 2 is 2.14 bits per heavy atom. The number of nitrogens with one attached hydrogen (secondary N) is 1. The van der Waals surface area contributed by atoms with Gasteiger partial charge in [0.05, 0.1) is 18.8 Å². The first kappa shape index (κ1) is 15.8. The number of urea groups is 1. The molecule has 0 aliphatic heterocycles. The number of anilines is 1. The van der Waals surface area contributed by atoms with Crippen LogP contribution in [-0.2, 0) is 6.54 Å². The summed E-state index contributed by atoms with van der Waals surface area (Å²) in [6.07, 6.45) is 1.72. The molecule has 0 fully saturated rings. The highest BCUT2D eigenvalue weighted by molar-refractivity contribution is 5.90. The fourth-order valence-corrected chi connectivity index (χ4v) is 2.05. The van der Waals surface area contributed by atoms with Gasteiger partial charge in [0.25, 0.3) is 0 Å². The van der Waals surface area contributed by atoms with Crippen LogP contribution in [0.25, 0.3) is 0 Å². The molecule has 0 saturated heterocycles. The molecule has 0 aliphatic carbocycles. The summed E-state index contributed by atoms with van der Waals surface area (Å²) in [6.45, 7) is 4.97. The maximum absolute atomic E-state index is 12.2. The van der Waals surface area contributed by atoms with Gasteiger partial charge in [0.15, 0.2) is 0 Å². The Hall–Kier alpha value is -2.56. The Labute approximate surface area is 130 Å². The molecule has 116 valence electrons. The second-order valence-electron chi connectivity index (χ2n) is 5.02. The van der Waals surface area contributed by atoms with Crippen molar-refractivity contribution in [2.45, 2.75) is 20.4 Å². The Balaban J connectivity index is 1.99. The van der Waals surface area contributed by atoms with Gasteiger partial charge in [-0.1, -0.05) is 6.07 Å². The van der Waals surface area contributed by atoms with Crippen LogP contribution in [-0.4, -0.2) is 29.6 Å². The maximum atomic E-state index is 12.2. The lowest BCUT2D eigenvalue weighted by atomic mass is 10.2. The predicted octanol–water partition coefficient (Wildman–Crippen LogP) is 3.45. The van der Waals surface area contributed by atoms with Crippen molar-refractivity contribution >= 4 is 11.7 Å². The minimum absolute atomic E-state index is 0.169. The van der Waals surface area contributed by atoms with Crippen LogP contribution in [0, 0.1) is 6.92 Å². The smallest absolute Gasteiger partial charge is 0.321 e. The van der Waals surface area contributed by atoms with Crippen molar-refractivity contribution in [2.75, 3.05) is 19.0 Å². The Morgan fingerprint density at radius 1 is 1.32 bits per heavy atom. The molecule has 2 amide bonds. The van der Waals surface area contributed by atoms with Gasteiger partial charge in [-0.05, 0) is 49.7 Å². The summed E-state index contributed by atoms with van der Waals surface area (Å²) < 4.78 is 5.44. The number of nitrogens with zero attached hydrogens (tertiary/aromatic N) is 2. The number of amides is 2. The summed E-state index contributed by atoms with van der Waals surface area (Å²) in [5.41, 5.74) is 2.59. The monoisotopic (exact) mass is 299 g/mol. The third-order valence-corrected chi connectivity index (χ3v) is 3.22. The molecule has 0 spiro atoms. The third kappa shape index (κ3) is 4.22. The zero-order chi connectivity index (χ0) is 15.9. The first-order chi connectivity index (χ1) is 10.6. The van der Waals surface area contributed by atoms with E-state index in [1.807, 2.05) is 50.2 Å². The molecule has 2 aromatic rings. The summed E-state index contributed by atoms with van der Waals surface area (Å²) in [5.74, 6) is 0.805. The van der Waals surface area contributed by atoms with Crippen LogP contribution in [0.1, 0.15) is 18.2 Å². The molecule has 5 heteroatoms. The van der Waals surface area contributed by atoms with Gasteiger partial charge in [-0.25, -0.2) is 4.79 Å². The lowest BCUT2D eigenvalue weighted by Gasteiger charge is -2.18. The number of hydrogen-bond donors (Lipinski definition) is 1. The van der Waals surface area contributed by atoms with E-state index < -0.39 is 0 Å². The van der Waals surface area contributed by atoms with E-state index in [4.69, 9.17) is 4.74 Å². The van der Waals surface area contributed by atoms with Gasteiger partial charge in [-0.3, -0.25) is 4.98 Å². The van der Waals surface area contributed by atoms with Gasteiger partial charge in [0.1, 0.15) is 5.75 Å². The van der Waals surface area contributed by atoms with Gasteiger partial charge < -0.3 is 15.0 Å². The first-order valence-corrected chi connectivity index (χ1v) is 7.25. The van der Waals surface area contributed by atoms with Crippen molar-refractivity contribution in [2.24, 2.45) is 0 Å². The zero-order valence-electron chi connectivity index (χ0n) is 13.2. The number of carbonyl (C=O) groups is 1. The summed E-state index contributed by atoms with van der Waals surface area (Å²) in [7, 11) is 1.74. The number of ether oxygens (including phenoxy) is 1. The largest absolute Gasteiger partial charge is 0.494 e. The van der Waals surface area contributed by atoms with Crippen molar-refractivity contribution in [1.82, 2.24) is 9.88 Å². The molecule has 0 unspecified atom stereocenters. The number of pyridine rings is 1. The molecule has 5 nitrogen and oxygen atoms in total. The number of aryl methyl sites for hydroxylation is 1. The van der Waals surface area contributed by atoms with Gasteiger partial charge in [0, 0.05) is 18.9 Å². The van der Waals surface area contributed by atoms with Gasteiger partial charge in [0.2, 0.25) is 0 Å². The second-order valence-corrected chi connectivity index (χ2v) is 5.02. The number of rotatable bonds is 5. The van der Waals surface area contributed by atoms with Crippen LogP contribution in [0.15, 0.2) is 42.6 Å². The van der Waals surface area contributed by atoms with Gasteiger partial charge >= 0.3 is 6.03 Å². The van der Waals surface area contributed by atoms with Crippen LogP contribution in [0.5, 0.6) is 5.75 Å². The number of benzene rings is 1. The Morgan fingerprint density at radius 3 is 2.77 bits per heavy atom. The van der Waals surface area contributed by atoms with Crippen LogP contribution in [0.4, 0.5) is 10.5 Å². The highest BCUT2D eigenvalue weighted by Gasteiger charge is 2.11. The molecule has 0 radical (unpaired) electrons. The van der Waals surface area contributed by atoms with E-state index in [1.165, 1.54) is 0 Å². The predicted molar refractivity (Wildman–Crippen MR) is 87.1 cm³/mol. The summed E-state index contributed by atoms with van der Waals surface area (Å²) >= 11 is 0. The lowest BCUT2D eigenvalue weighted by Crippen LogP contribution is -2.31. The van der Waals surface area contributed by atoms with Gasteiger partial charge in [-0.2, -0.15) is 0 Å². The highest BCUT2D eigenvalue weighted by atomic mass is 16.5. The number of carbonyl (C=O) groups excluding carboxylic acids is 1. The third-order valence-electron chi connectivity index (χ3n) is 3.22. The molecular formula is C17H21N3O2. The van der Waals surface area contributed by atoms with Crippen molar-refractivity contribution in [3.05, 3.63) is 53.9 Å². The van der Waals surface area contributed by atoms with Crippen molar-refractivity contribution < 1.29 is 9.53 Å². The SMILES string of the molecule is CCOc1ccc(NC(=O)N(C)Cc2ccccn2)c(C)c1. The minimum Gasteiger partial charge on any atom is -0.494 e. The average molecular weight is 299 g/mol. The van der Waals surface area contributed by atoms with E-state index in [0.29, 0.717) is 13.2 Å². The van der Waals surface area contributed by atoms with Crippen LogP contribution < -0.4 is 10.1 Å². The summed E-state index contributed by atoms with van der Waals surface area (Å²) in [6, 6.07) is 11.1. The minimum atomic E-state index is -0.169. The first-order valence-electron chi connectivity index (χ1n) is 7.25. The van der Waals surface area contributed by atoms with E-state index in [2.05, 4.69) is 10.3 Å². The fourth-order valence-electron chi connectivity index (χ4n) is 2.05. The fraction of sp³-hybridized carbons (Fsp3) is 0.294. The summed E-state index contributed by atoms with van der Waals surface area (Å²) in [4.78, 5) is 18.1. The molecule has 22 heavy (non-hydrogen) atoms. The molecule has 1 aromatic heterocycles. The van der Waals surface area contributed by atoms with Crippen LogP contribution in [0.2, 0.25) is 0 Å². The topological polar surface area (TPSA) is 54.5 Å². The lowest BCUT2D eigenvalue weighted by molar-refractivity contribution is 0.220. The number of aromatic nitrogens is 1. The van der Waals surface area contributed by atoms with E-state index >= 15 is 0 Å². The molecule has 1 N–H and O–H groups in total. The quantitative estimate of drug-likeness (QED) is 0.920. The Bertz CT molecular complexity index is 629. The molecule has 1 aromatic carbocycles. The highest BCUT2D eigenvalue weighted by Crippen LogP contribution is 2.21. The van der Waals surface area contributed by atoms with Crippen LogP contribution in [0.3, 0.4) is 0 Å². The van der Waals surface area contributed by atoms with Crippen molar-refractivity contribution in [3.8, 4) is 5.75 Å². The maximum Gasteiger partial charge on any atom is 0.321 e. The molecular weight excluding hydrogens is 278 g/mol. The average Bonchev–Trinajstić information content (AvgIpc) is 2.51. The second kappa shape index (κ2) is 7.45. The zero-order valence-corrected chi connectivity index (χ0v) is 13.2. The van der Waals surface area contributed by atoms with Crippen LogP contribution >= 0.6 is 0 Å². The van der Waals surface area contributed by atoms with E-state index in [0.717, 1.165) is 22.7 Å². The Kier molecular flexibility index (Phi) is 5.36. The molecule has 0 bridgehead atoms. The summed E-state index contributed by atoms with van der Waals surface area (Å²) in [5, 5.41) is 2.90.